The van der Waals surface area contributed by atoms with Gasteiger partial charge in [-0.15, -0.1) is 10.2 Å². The molecule has 0 unspecified atom stereocenters. The van der Waals surface area contributed by atoms with E-state index in [1.165, 1.54) is 0 Å². The zero-order chi connectivity index (χ0) is 22.1. The van der Waals surface area contributed by atoms with Gasteiger partial charge in [0.25, 0.3) is 5.91 Å². The molecule has 3 aromatic rings. The predicted molar refractivity (Wildman–Crippen MR) is 117 cm³/mol. The van der Waals surface area contributed by atoms with E-state index in [0.29, 0.717) is 22.9 Å². The molecule has 1 N–H and O–H groups in total. The van der Waals surface area contributed by atoms with Crippen LogP contribution < -0.4 is 14.8 Å². The normalized spacial score (nSPS) is 16.3. The number of halogens is 1. The minimum atomic E-state index is -0.279. The lowest BCUT2D eigenvalue weighted by atomic mass is 10.2. The molecule has 0 radical (unpaired) electrons. The first-order valence-corrected chi connectivity index (χ1v) is 10.9. The van der Waals surface area contributed by atoms with Crippen molar-refractivity contribution in [1.29, 1.82) is 0 Å². The summed E-state index contributed by atoms with van der Waals surface area (Å²) in [5.74, 6) is 2.90. The van der Waals surface area contributed by atoms with Gasteiger partial charge in [0.1, 0.15) is 5.82 Å². The number of hydrogen-bond donors (Lipinski definition) is 1. The summed E-state index contributed by atoms with van der Waals surface area (Å²) in [5.41, 5.74) is 1.52. The van der Waals surface area contributed by atoms with Crippen molar-refractivity contribution >= 4 is 17.5 Å². The molecule has 1 atom stereocenters. The highest BCUT2D eigenvalue weighted by Gasteiger charge is 2.24. The Kier molecular flexibility index (Phi) is 5.67. The van der Waals surface area contributed by atoms with Crippen molar-refractivity contribution < 1.29 is 14.3 Å². The van der Waals surface area contributed by atoms with Gasteiger partial charge in [0.15, 0.2) is 17.3 Å². The van der Waals surface area contributed by atoms with Crippen molar-refractivity contribution in [2.45, 2.75) is 32.5 Å². The van der Waals surface area contributed by atoms with Crippen LogP contribution >= 0.6 is 11.6 Å². The van der Waals surface area contributed by atoms with Crippen molar-refractivity contribution in [1.82, 2.24) is 30.0 Å². The summed E-state index contributed by atoms with van der Waals surface area (Å²) in [6.07, 6.45) is 3.95. The molecular weight excluding hydrogens is 432 g/mol. The van der Waals surface area contributed by atoms with Crippen LogP contribution in [0.2, 0.25) is 5.02 Å². The summed E-state index contributed by atoms with van der Waals surface area (Å²) in [6, 6.07) is 6.97. The third-order valence-electron chi connectivity index (χ3n) is 5.74. The van der Waals surface area contributed by atoms with E-state index in [9.17, 15) is 4.79 Å². The van der Waals surface area contributed by atoms with Crippen LogP contribution in [0.15, 0.2) is 36.7 Å². The molecule has 2 aliphatic rings. The number of carbonyl (C=O) groups excluding carboxylic acids is 1. The molecule has 0 saturated heterocycles. The number of fused-ring (bicyclic) bond motifs is 2. The minimum absolute atomic E-state index is 0.185. The standard InChI is InChI=1S/C22H23ClN6O3/c1-14(25-22(30)15-3-2-5-24-11-15)21-27-26-20-4-6-28(7-8-29(20)21)12-16-9-18-19(10-17(16)23)32-13-31-18/h2-3,5,9-11,14H,4,6-8,12-13H2,1H3,(H,25,30)/t14-/m1/s1. The van der Waals surface area contributed by atoms with Crippen molar-refractivity contribution in [3.05, 3.63) is 64.5 Å². The van der Waals surface area contributed by atoms with Crippen LogP contribution in [0, 0.1) is 0 Å². The van der Waals surface area contributed by atoms with Crippen molar-refractivity contribution in [3.63, 3.8) is 0 Å². The number of ether oxygens (including phenoxy) is 2. The number of hydrogen-bond acceptors (Lipinski definition) is 7. The highest BCUT2D eigenvalue weighted by Crippen LogP contribution is 2.37. The fraction of sp³-hybridized carbons (Fsp3) is 0.364. The second-order valence-corrected chi connectivity index (χ2v) is 8.29. The van der Waals surface area contributed by atoms with E-state index in [4.69, 9.17) is 21.1 Å². The van der Waals surface area contributed by atoms with Crippen LogP contribution in [0.25, 0.3) is 0 Å². The molecule has 0 saturated carbocycles. The van der Waals surface area contributed by atoms with Gasteiger partial charge in [-0.25, -0.2) is 0 Å². The van der Waals surface area contributed by atoms with Crippen LogP contribution in [0.1, 0.15) is 40.5 Å². The first kappa shape index (κ1) is 20.7. The molecule has 4 heterocycles. The zero-order valence-corrected chi connectivity index (χ0v) is 18.4. The van der Waals surface area contributed by atoms with E-state index in [-0.39, 0.29) is 18.7 Å². The third-order valence-corrected chi connectivity index (χ3v) is 6.09. The largest absolute Gasteiger partial charge is 0.454 e. The Morgan fingerprint density at radius 3 is 2.88 bits per heavy atom. The van der Waals surface area contributed by atoms with Crippen LogP contribution in [-0.4, -0.2) is 50.4 Å². The molecular formula is C22H23ClN6O3. The van der Waals surface area contributed by atoms with Gasteiger partial charge in [-0.3, -0.25) is 14.7 Å². The number of amides is 1. The Hall–Kier alpha value is -3.17. The van der Waals surface area contributed by atoms with E-state index in [2.05, 4.69) is 30.0 Å². The number of nitrogens with one attached hydrogen (secondary N) is 1. The monoisotopic (exact) mass is 454 g/mol. The Balaban J connectivity index is 1.26. The van der Waals surface area contributed by atoms with Gasteiger partial charge < -0.3 is 19.4 Å². The quantitative estimate of drug-likeness (QED) is 0.633. The Bertz CT molecular complexity index is 1140. The lowest BCUT2D eigenvalue weighted by Crippen LogP contribution is -2.30. The molecule has 0 fully saturated rings. The van der Waals surface area contributed by atoms with Crippen LogP contribution in [0.3, 0.4) is 0 Å². The molecule has 5 rings (SSSR count). The highest BCUT2D eigenvalue weighted by molar-refractivity contribution is 6.31. The molecule has 0 spiro atoms. The average Bonchev–Trinajstić information content (AvgIpc) is 3.37. The maximum atomic E-state index is 12.5. The summed E-state index contributed by atoms with van der Waals surface area (Å²) in [4.78, 5) is 18.8. The van der Waals surface area contributed by atoms with Crippen molar-refractivity contribution in [3.8, 4) is 11.5 Å². The summed E-state index contributed by atoms with van der Waals surface area (Å²) in [7, 11) is 0. The maximum Gasteiger partial charge on any atom is 0.253 e. The summed E-state index contributed by atoms with van der Waals surface area (Å²) in [6.45, 7) is 5.22. The lowest BCUT2D eigenvalue weighted by molar-refractivity contribution is 0.0937. The maximum absolute atomic E-state index is 12.5. The van der Waals surface area contributed by atoms with Crippen molar-refractivity contribution in [2.24, 2.45) is 0 Å². The molecule has 9 nitrogen and oxygen atoms in total. The SMILES string of the molecule is C[C@@H](NC(=O)c1cccnc1)c1nnc2n1CCN(Cc1cc3c(cc1Cl)OCO3)CC2. The summed E-state index contributed by atoms with van der Waals surface area (Å²) in [5, 5.41) is 12.4. The average molecular weight is 455 g/mol. The van der Waals surface area contributed by atoms with Crippen LogP contribution in [-0.2, 0) is 19.5 Å². The van der Waals surface area contributed by atoms with E-state index >= 15 is 0 Å². The van der Waals surface area contributed by atoms with Crippen LogP contribution in [0.5, 0.6) is 11.5 Å². The zero-order valence-electron chi connectivity index (χ0n) is 17.6. The Morgan fingerprint density at radius 2 is 2.06 bits per heavy atom. The highest BCUT2D eigenvalue weighted by atomic mass is 35.5. The number of pyridine rings is 1. The number of aromatic nitrogens is 4. The number of benzene rings is 1. The van der Waals surface area contributed by atoms with E-state index in [1.54, 1.807) is 24.5 Å². The van der Waals surface area contributed by atoms with Crippen LogP contribution in [0.4, 0.5) is 0 Å². The van der Waals surface area contributed by atoms with E-state index in [0.717, 1.165) is 49.0 Å². The molecule has 10 heteroatoms. The number of nitrogens with zero attached hydrogens (tertiary/aromatic N) is 5. The van der Waals surface area contributed by atoms with Gasteiger partial charge in [-0.05, 0) is 30.7 Å². The van der Waals surface area contributed by atoms with E-state index < -0.39 is 0 Å². The fourth-order valence-electron chi connectivity index (χ4n) is 4.03. The fourth-order valence-corrected chi connectivity index (χ4v) is 4.24. The van der Waals surface area contributed by atoms with Gasteiger partial charge in [0.05, 0.1) is 11.6 Å². The first-order valence-electron chi connectivity index (χ1n) is 10.5. The van der Waals surface area contributed by atoms with Gasteiger partial charge in [0.2, 0.25) is 6.79 Å². The van der Waals surface area contributed by atoms with Gasteiger partial charge in [-0.1, -0.05) is 11.6 Å². The Labute approximate surface area is 190 Å². The third kappa shape index (κ3) is 4.13. The molecule has 166 valence electrons. The second kappa shape index (κ2) is 8.76. The number of rotatable bonds is 5. The second-order valence-electron chi connectivity index (χ2n) is 7.89. The lowest BCUT2D eigenvalue weighted by Gasteiger charge is -2.21. The smallest absolute Gasteiger partial charge is 0.253 e. The van der Waals surface area contributed by atoms with Gasteiger partial charge in [0, 0.05) is 56.1 Å². The Morgan fingerprint density at radius 1 is 1.22 bits per heavy atom. The summed E-state index contributed by atoms with van der Waals surface area (Å²) < 4.78 is 13.0. The van der Waals surface area contributed by atoms with Gasteiger partial charge >= 0.3 is 0 Å². The molecule has 0 aliphatic carbocycles. The molecule has 0 bridgehead atoms. The first-order chi connectivity index (χ1) is 15.6. The van der Waals surface area contributed by atoms with Crippen molar-refractivity contribution in [2.75, 3.05) is 19.9 Å². The van der Waals surface area contributed by atoms with E-state index in [1.807, 2.05) is 19.1 Å². The predicted octanol–water partition coefficient (Wildman–Crippen LogP) is 2.60. The molecule has 1 aromatic carbocycles. The topological polar surface area (TPSA) is 94.4 Å². The minimum Gasteiger partial charge on any atom is -0.454 e. The molecule has 2 aliphatic heterocycles. The molecule has 2 aromatic heterocycles. The molecule has 1 amide bonds. The van der Waals surface area contributed by atoms with Gasteiger partial charge in [-0.2, -0.15) is 0 Å². The summed E-state index contributed by atoms with van der Waals surface area (Å²) >= 11 is 6.47. The molecule has 32 heavy (non-hydrogen) atoms. The number of carbonyl (C=O) groups is 1.